The first kappa shape index (κ1) is 7.84. The summed E-state index contributed by atoms with van der Waals surface area (Å²) in [5.41, 5.74) is 0. The third-order valence-electron chi connectivity index (χ3n) is 2.36. The van der Waals surface area contributed by atoms with Gasteiger partial charge in [-0.25, -0.2) is 0 Å². The molecule has 0 atom stereocenters. The Morgan fingerprint density at radius 1 is 1.00 bits per heavy atom. The van der Waals surface area contributed by atoms with E-state index in [1.165, 1.54) is 38.5 Å². The van der Waals surface area contributed by atoms with Gasteiger partial charge in [0.05, 0.1) is 0 Å². The molecule has 0 spiro atoms. The van der Waals surface area contributed by atoms with E-state index in [9.17, 15) is 0 Å². The molecule has 0 aliphatic heterocycles. The van der Waals surface area contributed by atoms with Gasteiger partial charge in [-0.15, -0.1) is 0 Å². The standard InChI is InChI=1S/C10H18/c1-2-7-10-8-5-3-4-6-9-10/h2,7,10H,3-6,8-9H2,1H3. The number of allylic oxidation sites excluding steroid dienone is 2. The van der Waals surface area contributed by atoms with Crippen molar-refractivity contribution in [3.63, 3.8) is 0 Å². The molecule has 0 nitrogen and oxygen atoms in total. The normalized spacial score (nSPS) is 23.3. The van der Waals surface area contributed by atoms with Crippen LogP contribution in [-0.2, 0) is 0 Å². The third kappa shape index (κ3) is 2.55. The fourth-order valence-electron chi connectivity index (χ4n) is 1.78. The highest BCUT2D eigenvalue weighted by Crippen LogP contribution is 2.23. The Morgan fingerprint density at radius 2 is 1.60 bits per heavy atom. The molecule has 0 radical (unpaired) electrons. The lowest BCUT2D eigenvalue weighted by molar-refractivity contribution is 0.559. The maximum Gasteiger partial charge on any atom is -0.0234 e. The topological polar surface area (TPSA) is 0 Å². The number of hydrogen-bond acceptors (Lipinski definition) is 0. The molecular formula is C10H18. The lowest BCUT2D eigenvalue weighted by Gasteiger charge is -2.05. The molecule has 0 bridgehead atoms. The van der Waals surface area contributed by atoms with Crippen LogP contribution < -0.4 is 0 Å². The van der Waals surface area contributed by atoms with Crippen LogP contribution in [0.4, 0.5) is 0 Å². The Kier molecular flexibility index (Phi) is 3.56. The first-order valence-electron chi connectivity index (χ1n) is 4.56. The zero-order valence-electron chi connectivity index (χ0n) is 6.97. The van der Waals surface area contributed by atoms with E-state index in [4.69, 9.17) is 0 Å². The van der Waals surface area contributed by atoms with Crippen molar-refractivity contribution in [2.45, 2.75) is 45.4 Å². The van der Waals surface area contributed by atoms with Crippen molar-refractivity contribution in [3.05, 3.63) is 12.2 Å². The maximum absolute atomic E-state index is 2.38. The van der Waals surface area contributed by atoms with Crippen LogP contribution in [0.25, 0.3) is 0 Å². The lowest BCUT2D eigenvalue weighted by atomic mass is 10.0. The van der Waals surface area contributed by atoms with Crippen molar-refractivity contribution < 1.29 is 0 Å². The summed E-state index contributed by atoms with van der Waals surface area (Å²) in [6.45, 7) is 2.13. The van der Waals surface area contributed by atoms with Crippen LogP contribution in [0, 0.1) is 5.92 Å². The SMILES string of the molecule is CC=CC1CCCCCC1. The number of hydrogen-bond donors (Lipinski definition) is 0. The highest BCUT2D eigenvalue weighted by Gasteiger charge is 2.07. The van der Waals surface area contributed by atoms with Crippen molar-refractivity contribution in [2.75, 3.05) is 0 Å². The second kappa shape index (κ2) is 4.54. The second-order valence-corrected chi connectivity index (χ2v) is 3.28. The van der Waals surface area contributed by atoms with Crippen molar-refractivity contribution in [1.29, 1.82) is 0 Å². The van der Waals surface area contributed by atoms with Gasteiger partial charge in [0.15, 0.2) is 0 Å². The van der Waals surface area contributed by atoms with Crippen molar-refractivity contribution in [3.8, 4) is 0 Å². The molecule has 0 heteroatoms. The molecule has 58 valence electrons. The summed E-state index contributed by atoms with van der Waals surface area (Å²) < 4.78 is 0. The second-order valence-electron chi connectivity index (χ2n) is 3.28. The minimum absolute atomic E-state index is 0.910. The van der Waals surface area contributed by atoms with Gasteiger partial charge in [-0.2, -0.15) is 0 Å². The average Bonchev–Trinajstić information content (AvgIpc) is 2.17. The van der Waals surface area contributed by atoms with Crippen LogP contribution in [0.5, 0.6) is 0 Å². The Bertz CT molecular complexity index is 94.6. The molecule has 1 fully saturated rings. The molecule has 0 saturated heterocycles. The molecule has 0 aromatic rings. The summed E-state index contributed by atoms with van der Waals surface area (Å²) in [6.07, 6.45) is 13.3. The molecule has 1 saturated carbocycles. The van der Waals surface area contributed by atoms with E-state index in [2.05, 4.69) is 19.1 Å². The molecular weight excluding hydrogens is 120 g/mol. The molecule has 0 unspecified atom stereocenters. The van der Waals surface area contributed by atoms with Gasteiger partial charge in [0.1, 0.15) is 0 Å². The van der Waals surface area contributed by atoms with Crippen LogP contribution >= 0.6 is 0 Å². The Hall–Kier alpha value is -0.260. The zero-order valence-corrected chi connectivity index (χ0v) is 6.97. The fourth-order valence-corrected chi connectivity index (χ4v) is 1.78. The smallest absolute Gasteiger partial charge is 0.0234 e. The van der Waals surface area contributed by atoms with Crippen molar-refractivity contribution in [2.24, 2.45) is 5.92 Å². The molecule has 0 aromatic carbocycles. The van der Waals surface area contributed by atoms with Gasteiger partial charge in [-0.3, -0.25) is 0 Å². The summed E-state index contributed by atoms with van der Waals surface area (Å²) in [5, 5.41) is 0. The molecule has 10 heavy (non-hydrogen) atoms. The molecule has 1 rings (SSSR count). The zero-order chi connectivity index (χ0) is 7.23. The highest BCUT2D eigenvalue weighted by atomic mass is 14.1. The first-order valence-corrected chi connectivity index (χ1v) is 4.56. The summed E-state index contributed by atoms with van der Waals surface area (Å²) in [7, 11) is 0. The minimum atomic E-state index is 0.910. The largest absolute Gasteiger partial charge is 0.0914 e. The summed E-state index contributed by atoms with van der Waals surface area (Å²) in [4.78, 5) is 0. The van der Waals surface area contributed by atoms with E-state index in [1.807, 2.05) is 0 Å². The highest BCUT2D eigenvalue weighted by molar-refractivity contribution is 4.86. The van der Waals surface area contributed by atoms with Gasteiger partial charge in [0.25, 0.3) is 0 Å². The van der Waals surface area contributed by atoms with Gasteiger partial charge in [0.2, 0.25) is 0 Å². The van der Waals surface area contributed by atoms with Crippen LogP contribution in [-0.4, -0.2) is 0 Å². The average molecular weight is 138 g/mol. The summed E-state index contributed by atoms with van der Waals surface area (Å²) >= 11 is 0. The molecule has 0 aromatic heterocycles. The van der Waals surface area contributed by atoms with Crippen molar-refractivity contribution in [1.82, 2.24) is 0 Å². The van der Waals surface area contributed by atoms with Crippen LogP contribution in [0.3, 0.4) is 0 Å². The molecule has 0 amide bonds. The van der Waals surface area contributed by atoms with Gasteiger partial charge in [0, 0.05) is 0 Å². The van der Waals surface area contributed by atoms with Crippen molar-refractivity contribution >= 4 is 0 Å². The molecule has 1 aliphatic carbocycles. The first-order chi connectivity index (χ1) is 4.93. The lowest BCUT2D eigenvalue weighted by Crippen LogP contribution is -1.92. The predicted octanol–water partition coefficient (Wildman–Crippen LogP) is 3.53. The molecule has 0 heterocycles. The van der Waals surface area contributed by atoms with Gasteiger partial charge in [-0.1, -0.05) is 37.8 Å². The monoisotopic (exact) mass is 138 g/mol. The van der Waals surface area contributed by atoms with E-state index in [1.54, 1.807) is 0 Å². The molecule has 1 aliphatic rings. The number of rotatable bonds is 1. The van der Waals surface area contributed by atoms with E-state index in [-0.39, 0.29) is 0 Å². The van der Waals surface area contributed by atoms with E-state index < -0.39 is 0 Å². The summed E-state index contributed by atoms with van der Waals surface area (Å²) in [5.74, 6) is 0.910. The van der Waals surface area contributed by atoms with Gasteiger partial charge >= 0.3 is 0 Å². The molecule has 0 N–H and O–H groups in total. The predicted molar refractivity (Wildman–Crippen MR) is 46.0 cm³/mol. The van der Waals surface area contributed by atoms with E-state index >= 15 is 0 Å². The minimum Gasteiger partial charge on any atom is -0.0914 e. The summed E-state index contributed by atoms with van der Waals surface area (Å²) in [6, 6.07) is 0. The van der Waals surface area contributed by atoms with Crippen LogP contribution in [0.2, 0.25) is 0 Å². The van der Waals surface area contributed by atoms with E-state index in [0.717, 1.165) is 5.92 Å². The third-order valence-corrected chi connectivity index (χ3v) is 2.36. The van der Waals surface area contributed by atoms with Crippen LogP contribution in [0.15, 0.2) is 12.2 Å². The van der Waals surface area contributed by atoms with Crippen LogP contribution in [0.1, 0.15) is 45.4 Å². The van der Waals surface area contributed by atoms with Gasteiger partial charge in [-0.05, 0) is 25.7 Å². The Morgan fingerprint density at radius 3 is 2.10 bits per heavy atom. The Balaban J connectivity index is 2.28. The maximum atomic E-state index is 2.38. The quantitative estimate of drug-likeness (QED) is 0.384. The fraction of sp³-hybridized carbons (Fsp3) is 0.800. The Labute approximate surface area is 64.3 Å². The van der Waals surface area contributed by atoms with Gasteiger partial charge < -0.3 is 0 Å². The van der Waals surface area contributed by atoms with E-state index in [0.29, 0.717) is 0 Å².